The average Bonchev–Trinajstić information content (AvgIpc) is 2.24. The summed E-state index contributed by atoms with van der Waals surface area (Å²) in [6.07, 6.45) is 2.85. The van der Waals surface area contributed by atoms with Gasteiger partial charge in [-0.25, -0.2) is 0 Å². The molecule has 19 heavy (non-hydrogen) atoms. The Morgan fingerprint density at radius 3 is 1.42 bits per heavy atom. The number of hydrogen-bond acceptors (Lipinski definition) is 3. The maximum atomic E-state index is 6.27. The Labute approximate surface area is 122 Å². The predicted octanol–water partition coefficient (Wildman–Crippen LogP) is 3.54. The first-order valence-corrected chi connectivity index (χ1v) is 9.27. The predicted molar refractivity (Wildman–Crippen MR) is 85.8 cm³/mol. The van der Waals surface area contributed by atoms with Crippen molar-refractivity contribution in [2.45, 2.75) is 91.9 Å². The van der Waals surface area contributed by atoms with E-state index < -0.39 is 9.28 Å². The van der Waals surface area contributed by atoms with E-state index >= 15 is 0 Å². The van der Waals surface area contributed by atoms with Gasteiger partial charge in [0.2, 0.25) is 0 Å². The van der Waals surface area contributed by atoms with Gasteiger partial charge in [-0.15, -0.1) is 0 Å². The summed E-state index contributed by atoms with van der Waals surface area (Å²) in [4.78, 5) is 0. The fourth-order valence-electron chi connectivity index (χ4n) is 1.38. The van der Waals surface area contributed by atoms with Crippen molar-refractivity contribution in [1.29, 1.82) is 0 Å². The molecule has 0 aromatic heterocycles. The Hall–Kier alpha value is 0.0969. The van der Waals surface area contributed by atoms with Gasteiger partial charge in [0.1, 0.15) is 0 Å². The topological polar surface area (TPSA) is 30.5 Å². The van der Waals surface area contributed by atoms with Crippen LogP contribution in [0.4, 0.5) is 0 Å². The number of nitrogens with one attached hydrogen (secondary N) is 1. The van der Waals surface area contributed by atoms with Gasteiger partial charge >= 0.3 is 9.28 Å². The van der Waals surface area contributed by atoms with Crippen molar-refractivity contribution in [1.82, 2.24) is 5.32 Å². The molecule has 0 aliphatic heterocycles. The largest absolute Gasteiger partial charge is 0.391 e. The van der Waals surface area contributed by atoms with Crippen molar-refractivity contribution in [3.05, 3.63) is 0 Å². The second-order valence-electron chi connectivity index (χ2n) is 7.52. The molecule has 0 heterocycles. The molecule has 0 aliphatic carbocycles. The molecule has 3 nitrogen and oxygen atoms in total. The van der Waals surface area contributed by atoms with Crippen LogP contribution in [0.15, 0.2) is 0 Å². The van der Waals surface area contributed by atoms with Gasteiger partial charge in [0.15, 0.2) is 0 Å². The van der Waals surface area contributed by atoms with E-state index in [0.29, 0.717) is 0 Å². The quantitative estimate of drug-likeness (QED) is 0.693. The fraction of sp³-hybridized carbons (Fsp3) is 1.00. The molecular formula is C15H35NO2Si. The van der Waals surface area contributed by atoms with Crippen LogP contribution in [0.2, 0.25) is 0 Å². The van der Waals surface area contributed by atoms with Crippen LogP contribution in [0.25, 0.3) is 0 Å². The lowest BCUT2D eigenvalue weighted by molar-refractivity contribution is 0.0122. The molecular weight excluding hydrogens is 254 g/mol. The maximum absolute atomic E-state index is 6.27. The van der Waals surface area contributed by atoms with Crippen molar-refractivity contribution in [3.63, 3.8) is 0 Å². The van der Waals surface area contributed by atoms with Crippen LogP contribution in [0, 0.1) is 0 Å². The third kappa shape index (κ3) is 9.60. The second kappa shape index (κ2) is 7.20. The summed E-state index contributed by atoms with van der Waals surface area (Å²) in [7, 11) is -1.73. The van der Waals surface area contributed by atoms with E-state index in [1.165, 1.54) is 0 Å². The highest BCUT2D eigenvalue weighted by Crippen LogP contribution is 2.20. The van der Waals surface area contributed by atoms with Crippen LogP contribution in [0.1, 0.15) is 75.2 Å². The van der Waals surface area contributed by atoms with Gasteiger partial charge < -0.3 is 14.2 Å². The lowest BCUT2D eigenvalue weighted by Crippen LogP contribution is -2.50. The Morgan fingerprint density at radius 1 is 0.789 bits per heavy atom. The van der Waals surface area contributed by atoms with Gasteiger partial charge in [-0.2, -0.15) is 0 Å². The summed E-state index contributed by atoms with van der Waals surface area (Å²) in [6.45, 7) is 19.4. The van der Waals surface area contributed by atoms with Crippen LogP contribution < -0.4 is 5.32 Å². The standard InChI is InChI=1S/C15H35NO2Si/c1-10-14(6,7)17-19(12-16-13(3,4)5)18-15(8,9)11-2/h16,19H,10-12H2,1-9H3. The molecule has 1 N–H and O–H groups in total. The van der Waals surface area contributed by atoms with Gasteiger partial charge in [-0.1, -0.05) is 13.8 Å². The van der Waals surface area contributed by atoms with E-state index in [9.17, 15) is 0 Å². The lowest BCUT2D eigenvalue weighted by Gasteiger charge is -2.36. The van der Waals surface area contributed by atoms with Crippen LogP contribution in [0.3, 0.4) is 0 Å². The van der Waals surface area contributed by atoms with Crippen LogP contribution in [0.5, 0.6) is 0 Å². The summed E-state index contributed by atoms with van der Waals surface area (Å²) in [5.41, 5.74) is -0.0920. The zero-order valence-corrected chi connectivity index (χ0v) is 15.7. The minimum absolute atomic E-state index is 0.0969. The zero-order chi connectivity index (χ0) is 15.3. The Kier molecular flexibility index (Phi) is 7.24. The highest BCUT2D eigenvalue weighted by Gasteiger charge is 2.30. The minimum atomic E-state index is -1.73. The van der Waals surface area contributed by atoms with Crippen molar-refractivity contribution >= 4 is 9.28 Å². The molecule has 0 fully saturated rings. The number of rotatable bonds is 8. The summed E-state index contributed by atoms with van der Waals surface area (Å²) in [5, 5.41) is 3.53. The summed E-state index contributed by atoms with van der Waals surface area (Å²) in [5.74, 6) is 0. The summed E-state index contributed by atoms with van der Waals surface area (Å²) >= 11 is 0. The van der Waals surface area contributed by atoms with Crippen LogP contribution >= 0.6 is 0 Å². The molecule has 0 rings (SSSR count). The molecule has 0 saturated heterocycles. The molecule has 0 aliphatic rings. The third-order valence-electron chi connectivity index (χ3n) is 3.40. The van der Waals surface area contributed by atoms with E-state index in [0.717, 1.165) is 19.0 Å². The SMILES string of the molecule is CCC(C)(C)O[SiH](CNC(C)(C)C)OC(C)(C)CC. The first-order valence-electron chi connectivity index (χ1n) is 7.51. The molecule has 0 amide bonds. The van der Waals surface area contributed by atoms with Crippen molar-refractivity contribution in [2.24, 2.45) is 0 Å². The zero-order valence-electron chi connectivity index (χ0n) is 14.5. The van der Waals surface area contributed by atoms with Gasteiger partial charge in [0.25, 0.3) is 0 Å². The van der Waals surface area contributed by atoms with Crippen molar-refractivity contribution in [2.75, 3.05) is 6.17 Å². The van der Waals surface area contributed by atoms with Gasteiger partial charge in [-0.3, -0.25) is 0 Å². The molecule has 0 unspecified atom stereocenters. The molecule has 0 aromatic rings. The molecule has 116 valence electrons. The maximum Gasteiger partial charge on any atom is 0.336 e. The molecule has 0 spiro atoms. The highest BCUT2D eigenvalue weighted by atomic mass is 28.3. The Bertz CT molecular complexity index is 241. The van der Waals surface area contributed by atoms with Crippen LogP contribution in [-0.2, 0) is 8.85 Å². The van der Waals surface area contributed by atoms with E-state index in [2.05, 4.69) is 67.6 Å². The first-order chi connectivity index (χ1) is 8.41. The minimum Gasteiger partial charge on any atom is -0.391 e. The second-order valence-corrected chi connectivity index (χ2v) is 9.26. The molecule has 4 heteroatoms. The first kappa shape index (κ1) is 19.1. The van der Waals surface area contributed by atoms with E-state index in [4.69, 9.17) is 8.85 Å². The van der Waals surface area contributed by atoms with E-state index in [1.54, 1.807) is 0 Å². The van der Waals surface area contributed by atoms with Gasteiger partial charge in [0.05, 0.1) is 11.2 Å². The average molecular weight is 290 g/mol. The normalized spacial score (nSPS) is 14.2. The van der Waals surface area contributed by atoms with Crippen LogP contribution in [-0.4, -0.2) is 32.2 Å². The third-order valence-corrected chi connectivity index (χ3v) is 5.74. The van der Waals surface area contributed by atoms with Crippen molar-refractivity contribution in [3.8, 4) is 0 Å². The Morgan fingerprint density at radius 2 is 1.16 bits per heavy atom. The van der Waals surface area contributed by atoms with Gasteiger partial charge in [0, 0.05) is 11.7 Å². The molecule has 0 atom stereocenters. The highest BCUT2D eigenvalue weighted by molar-refractivity contribution is 6.44. The summed E-state index contributed by atoms with van der Waals surface area (Å²) in [6, 6.07) is 0. The van der Waals surface area contributed by atoms with Gasteiger partial charge in [-0.05, 0) is 61.3 Å². The number of hydrogen-bond donors (Lipinski definition) is 1. The van der Waals surface area contributed by atoms with E-state index in [1.807, 2.05) is 0 Å². The monoisotopic (exact) mass is 289 g/mol. The lowest BCUT2D eigenvalue weighted by atomic mass is 10.1. The molecule has 0 bridgehead atoms. The Balaban J connectivity index is 4.65. The molecule has 0 saturated carbocycles. The molecule has 0 radical (unpaired) electrons. The van der Waals surface area contributed by atoms with E-state index in [-0.39, 0.29) is 16.7 Å². The fourth-order valence-corrected chi connectivity index (χ4v) is 4.13. The van der Waals surface area contributed by atoms with Crippen molar-refractivity contribution < 1.29 is 8.85 Å². The smallest absolute Gasteiger partial charge is 0.336 e. The summed E-state index contributed by atoms with van der Waals surface area (Å²) < 4.78 is 12.5. The molecule has 0 aromatic carbocycles.